The van der Waals surface area contributed by atoms with Crippen molar-refractivity contribution in [3.63, 3.8) is 0 Å². The van der Waals surface area contributed by atoms with Gasteiger partial charge in [0.2, 0.25) is 0 Å². The molecule has 0 spiro atoms. The average Bonchev–Trinajstić information content (AvgIpc) is 3.25. The second-order valence-electron chi connectivity index (χ2n) is 5.53. The largest absolute Gasteiger partial charge is 0.397 e. The van der Waals surface area contributed by atoms with Crippen molar-refractivity contribution in [1.82, 2.24) is 0 Å². The molecule has 3 nitrogen and oxygen atoms in total. The molecule has 1 heterocycles. The molecule has 0 amide bonds. The van der Waals surface area contributed by atoms with Gasteiger partial charge in [0, 0.05) is 13.2 Å². The number of aliphatic hydroxyl groups is 1. The van der Waals surface area contributed by atoms with E-state index in [1.165, 1.54) is 64.2 Å². The minimum absolute atomic E-state index is 0.250. The molecule has 20 heavy (non-hydrogen) atoms. The van der Waals surface area contributed by atoms with Gasteiger partial charge in [0.05, 0.1) is 13.2 Å². The van der Waals surface area contributed by atoms with E-state index in [-0.39, 0.29) is 6.61 Å². The van der Waals surface area contributed by atoms with Crippen molar-refractivity contribution < 1.29 is 14.6 Å². The fraction of sp³-hybridized carbons (Fsp3) is 1.00. The van der Waals surface area contributed by atoms with Crippen LogP contribution in [0.1, 0.15) is 78.1 Å². The number of epoxide rings is 1. The molecule has 1 fully saturated rings. The molecule has 0 saturated carbocycles. The van der Waals surface area contributed by atoms with E-state index in [1.807, 2.05) is 0 Å². The molecule has 0 aromatic carbocycles. The fourth-order valence-electron chi connectivity index (χ4n) is 2.07. The first-order chi connectivity index (χ1) is 9.85. The molecule has 122 valence electrons. The standard InChI is InChI=1S/C15H30O2.C2H6O/c1-2-3-4-5-6-7-8-9-10-11-12-16-13-15-14-17-15;1-2-3/h15H,2-14H2,1H3;3H,2H2,1H3. The SMILES string of the molecule is CCCCCCCCCCCCOCC1CO1.CCO. The zero-order chi connectivity index (χ0) is 14.9. The number of rotatable bonds is 13. The molecule has 3 heteroatoms. The van der Waals surface area contributed by atoms with Crippen molar-refractivity contribution in [2.75, 3.05) is 26.4 Å². The Balaban J connectivity index is 0.00000110. The Kier molecular flexibility index (Phi) is 16.8. The van der Waals surface area contributed by atoms with Crippen LogP contribution < -0.4 is 0 Å². The predicted octanol–water partition coefficient (Wildman–Crippen LogP) is 4.32. The maximum Gasteiger partial charge on any atom is 0.104 e. The summed E-state index contributed by atoms with van der Waals surface area (Å²) < 4.78 is 10.6. The summed E-state index contributed by atoms with van der Waals surface area (Å²) in [6.07, 6.45) is 14.3. The minimum atomic E-state index is 0.250. The van der Waals surface area contributed by atoms with Gasteiger partial charge in [0.15, 0.2) is 0 Å². The third kappa shape index (κ3) is 17.9. The van der Waals surface area contributed by atoms with Gasteiger partial charge < -0.3 is 14.6 Å². The molecule has 0 aliphatic carbocycles. The average molecular weight is 288 g/mol. The van der Waals surface area contributed by atoms with Crippen LogP contribution in [0.5, 0.6) is 0 Å². The van der Waals surface area contributed by atoms with Crippen molar-refractivity contribution in [3.05, 3.63) is 0 Å². The van der Waals surface area contributed by atoms with Crippen LogP contribution >= 0.6 is 0 Å². The van der Waals surface area contributed by atoms with Crippen LogP contribution in [0.2, 0.25) is 0 Å². The number of ether oxygens (including phenoxy) is 2. The third-order valence-corrected chi connectivity index (χ3v) is 3.35. The van der Waals surface area contributed by atoms with Gasteiger partial charge in [0.1, 0.15) is 6.10 Å². The first-order valence-corrected chi connectivity index (χ1v) is 8.65. The van der Waals surface area contributed by atoms with Gasteiger partial charge >= 0.3 is 0 Å². The van der Waals surface area contributed by atoms with Crippen LogP contribution in [0.4, 0.5) is 0 Å². The summed E-state index contributed by atoms with van der Waals surface area (Å²) in [4.78, 5) is 0. The predicted molar refractivity (Wildman–Crippen MR) is 85.2 cm³/mol. The summed E-state index contributed by atoms with van der Waals surface area (Å²) in [5.41, 5.74) is 0. The van der Waals surface area contributed by atoms with Crippen molar-refractivity contribution >= 4 is 0 Å². The van der Waals surface area contributed by atoms with E-state index < -0.39 is 0 Å². The summed E-state index contributed by atoms with van der Waals surface area (Å²) >= 11 is 0. The molecule has 1 aliphatic heterocycles. The molecule has 1 N–H and O–H groups in total. The van der Waals surface area contributed by atoms with Crippen molar-refractivity contribution in [2.24, 2.45) is 0 Å². The van der Waals surface area contributed by atoms with E-state index in [1.54, 1.807) is 6.92 Å². The highest BCUT2D eigenvalue weighted by molar-refractivity contribution is 4.66. The second kappa shape index (κ2) is 16.9. The summed E-state index contributed by atoms with van der Waals surface area (Å²) in [5, 5.41) is 7.57. The van der Waals surface area contributed by atoms with Crippen LogP contribution in [0.25, 0.3) is 0 Å². The highest BCUT2D eigenvalue weighted by Gasteiger charge is 2.21. The summed E-state index contributed by atoms with van der Waals surface area (Å²) in [6, 6.07) is 0. The van der Waals surface area contributed by atoms with Crippen LogP contribution in [-0.4, -0.2) is 37.6 Å². The molecule has 1 rings (SSSR count). The number of unbranched alkanes of at least 4 members (excludes halogenated alkanes) is 9. The zero-order valence-corrected chi connectivity index (χ0v) is 13.7. The molecule has 1 aliphatic rings. The highest BCUT2D eigenvalue weighted by Crippen LogP contribution is 2.11. The van der Waals surface area contributed by atoms with Gasteiger partial charge in [-0.2, -0.15) is 0 Å². The molecule has 0 aromatic heterocycles. The molecular weight excluding hydrogens is 252 g/mol. The Morgan fingerprint density at radius 1 is 0.900 bits per heavy atom. The Bertz CT molecular complexity index is 170. The lowest BCUT2D eigenvalue weighted by Crippen LogP contribution is -2.02. The van der Waals surface area contributed by atoms with E-state index in [2.05, 4.69) is 6.92 Å². The van der Waals surface area contributed by atoms with E-state index in [0.717, 1.165) is 19.8 Å². The number of hydrogen-bond acceptors (Lipinski definition) is 3. The molecule has 0 radical (unpaired) electrons. The van der Waals surface area contributed by atoms with Crippen molar-refractivity contribution in [1.29, 1.82) is 0 Å². The van der Waals surface area contributed by atoms with Gasteiger partial charge in [-0.25, -0.2) is 0 Å². The number of hydrogen-bond donors (Lipinski definition) is 1. The smallest absolute Gasteiger partial charge is 0.104 e. The summed E-state index contributed by atoms with van der Waals surface area (Å²) in [5.74, 6) is 0. The van der Waals surface area contributed by atoms with Crippen LogP contribution in [-0.2, 0) is 9.47 Å². The lowest BCUT2D eigenvalue weighted by molar-refractivity contribution is 0.113. The molecule has 0 bridgehead atoms. The molecule has 1 saturated heterocycles. The van der Waals surface area contributed by atoms with Gasteiger partial charge in [-0.3, -0.25) is 0 Å². The minimum Gasteiger partial charge on any atom is -0.397 e. The van der Waals surface area contributed by atoms with E-state index in [9.17, 15) is 0 Å². The zero-order valence-electron chi connectivity index (χ0n) is 13.7. The van der Waals surface area contributed by atoms with Gasteiger partial charge in [-0.1, -0.05) is 64.7 Å². The monoisotopic (exact) mass is 288 g/mol. The normalized spacial score (nSPS) is 16.6. The van der Waals surface area contributed by atoms with Gasteiger partial charge in [-0.15, -0.1) is 0 Å². The highest BCUT2D eigenvalue weighted by atomic mass is 16.6. The molecule has 1 unspecified atom stereocenters. The van der Waals surface area contributed by atoms with E-state index in [0.29, 0.717) is 6.10 Å². The van der Waals surface area contributed by atoms with Crippen LogP contribution in [0, 0.1) is 0 Å². The van der Waals surface area contributed by atoms with Crippen LogP contribution in [0.3, 0.4) is 0 Å². The second-order valence-corrected chi connectivity index (χ2v) is 5.53. The lowest BCUT2D eigenvalue weighted by atomic mass is 10.1. The Labute approximate surface area is 126 Å². The Morgan fingerprint density at radius 3 is 1.80 bits per heavy atom. The van der Waals surface area contributed by atoms with Gasteiger partial charge in [0.25, 0.3) is 0 Å². The topological polar surface area (TPSA) is 42.0 Å². The first-order valence-electron chi connectivity index (χ1n) is 8.65. The summed E-state index contributed by atoms with van der Waals surface area (Å²) in [7, 11) is 0. The van der Waals surface area contributed by atoms with E-state index in [4.69, 9.17) is 14.6 Å². The molecular formula is C17H36O3. The quantitative estimate of drug-likeness (QED) is 0.405. The lowest BCUT2D eigenvalue weighted by Gasteiger charge is -2.03. The maximum atomic E-state index is 7.57. The number of aliphatic hydroxyl groups excluding tert-OH is 1. The third-order valence-electron chi connectivity index (χ3n) is 3.35. The molecule has 1 atom stereocenters. The van der Waals surface area contributed by atoms with Gasteiger partial charge in [-0.05, 0) is 13.3 Å². The first kappa shape index (κ1) is 19.9. The van der Waals surface area contributed by atoms with Crippen LogP contribution in [0.15, 0.2) is 0 Å². The Morgan fingerprint density at radius 2 is 1.35 bits per heavy atom. The molecule has 0 aromatic rings. The van der Waals surface area contributed by atoms with Crippen molar-refractivity contribution in [2.45, 2.75) is 84.2 Å². The Hall–Kier alpha value is -0.120. The summed E-state index contributed by atoms with van der Waals surface area (Å²) in [6.45, 7) is 6.86. The van der Waals surface area contributed by atoms with Crippen molar-refractivity contribution in [3.8, 4) is 0 Å². The maximum absolute atomic E-state index is 7.57. The fourth-order valence-corrected chi connectivity index (χ4v) is 2.07. The van der Waals surface area contributed by atoms with E-state index >= 15 is 0 Å².